The highest BCUT2D eigenvalue weighted by Gasteiger charge is 2.50. The lowest BCUT2D eigenvalue weighted by Gasteiger charge is -2.43. The third-order valence-corrected chi connectivity index (χ3v) is 5.01. The largest absolute Gasteiger partial charge is 0.463 e. The molecule has 29 heavy (non-hydrogen) atoms. The molecule has 1 fully saturated rings. The van der Waals surface area contributed by atoms with Crippen LogP contribution in [0.15, 0.2) is 40.3 Å². The number of rotatable bonds is 7. The Bertz CT molecular complexity index is 785. The van der Waals surface area contributed by atoms with Gasteiger partial charge in [-0.25, -0.2) is 0 Å². The van der Waals surface area contributed by atoms with Gasteiger partial charge in [-0.05, 0) is 17.7 Å². The van der Waals surface area contributed by atoms with Gasteiger partial charge < -0.3 is 18.9 Å². The van der Waals surface area contributed by atoms with Crippen LogP contribution in [0.2, 0.25) is 0 Å². The van der Waals surface area contributed by atoms with Crippen molar-refractivity contribution in [3.05, 3.63) is 40.8 Å². The molecule has 0 radical (unpaired) electrons. The summed E-state index contributed by atoms with van der Waals surface area (Å²) in [7, 11) is 0. The van der Waals surface area contributed by atoms with Gasteiger partial charge in [0.2, 0.25) is 0 Å². The number of hydrogen-bond acceptors (Lipinski definition) is 9. The summed E-state index contributed by atoms with van der Waals surface area (Å²) in [6.07, 6.45) is -3.07. The first-order valence-electron chi connectivity index (χ1n) is 8.71. The Morgan fingerprint density at radius 3 is 2.24 bits per heavy atom. The molecule has 0 aliphatic carbocycles. The summed E-state index contributed by atoms with van der Waals surface area (Å²) in [6, 6.07) is 8.09. The van der Waals surface area contributed by atoms with E-state index in [1.54, 1.807) is 0 Å². The van der Waals surface area contributed by atoms with Crippen LogP contribution in [0.1, 0.15) is 20.8 Å². The predicted molar refractivity (Wildman–Crippen MR) is 102 cm³/mol. The van der Waals surface area contributed by atoms with Gasteiger partial charge in [0.25, 0.3) is 0 Å². The van der Waals surface area contributed by atoms with Gasteiger partial charge in [0.05, 0.1) is 0 Å². The highest BCUT2D eigenvalue weighted by atomic mass is 32.2. The van der Waals surface area contributed by atoms with E-state index in [0.29, 0.717) is 0 Å². The zero-order valence-electron chi connectivity index (χ0n) is 16.1. The van der Waals surface area contributed by atoms with E-state index in [9.17, 15) is 14.4 Å². The van der Waals surface area contributed by atoms with Crippen LogP contribution in [0, 0.1) is 0 Å². The minimum atomic E-state index is -1.11. The van der Waals surface area contributed by atoms with Gasteiger partial charge in [0.15, 0.2) is 0 Å². The summed E-state index contributed by atoms with van der Waals surface area (Å²) >= 11 is 1.24. The van der Waals surface area contributed by atoms with Crippen LogP contribution in [-0.2, 0) is 33.3 Å². The molecule has 2 rings (SSSR count). The molecule has 11 heteroatoms. The zero-order chi connectivity index (χ0) is 21.4. The molecule has 1 aromatic carbocycles. The number of ether oxygens (including phenoxy) is 4. The topological polar surface area (TPSA) is 137 Å². The lowest BCUT2D eigenvalue weighted by atomic mass is 9.97. The molecular formula is C18H21N3O7S. The number of benzene rings is 1. The normalized spacial score (nSPS) is 26.0. The van der Waals surface area contributed by atoms with Gasteiger partial charge in [-0.1, -0.05) is 35.1 Å². The Labute approximate surface area is 171 Å². The number of carbonyl (C=O) groups is 3. The monoisotopic (exact) mass is 423 g/mol. The molecule has 1 aromatic rings. The number of hydrogen-bond donors (Lipinski definition) is 0. The summed E-state index contributed by atoms with van der Waals surface area (Å²) in [6.45, 7) is 3.39. The van der Waals surface area contributed by atoms with Crippen molar-refractivity contribution >= 4 is 29.7 Å². The lowest BCUT2D eigenvalue weighted by molar-refractivity contribution is -0.201. The molecule has 5 atom stereocenters. The Morgan fingerprint density at radius 1 is 1.07 bits per heavy atom. The second-order valence-electron chi connectivity index (χ2n) is 6.12. The van der Waals surface area contributed by atoms with Crippen molar-refractivity contribution in [2.75, 3.05) is 6.61 Å². The van der Waals surface area contributed by atoms with Crippen LogP contribution in [-0.4, -0.2) is 54.3 Å². The molecule has 1 aliphatic rings. The Kier molecular flexibility index (Phi) is 8.32. The summed E-state index contributed by atoms with van der Waals surface area (Å²) in [5, 5.41) is 3.71. The Balaban J connectivity index is 2.41. The molecule has 10 nitrogen and oxygen atoms in total. The number of thioether (sulfide) groups is 1. The molecule has 1 saturated heterocycles. The third-order valence-electron chi connectivity index (χ3n) is 3.85. The van der Waals surface area contributed by atoms with Crippen LogP contribution >= 0.6 is 11.8 Å². The van der Waals surface area contributed by atoms with E-state index in [1.807, 2.05) is 30.3 Å². The van der Waals surface area contributed by atoms with Crippen LogP contribution in [0.4, 0.5) is 0 Å². The fraction of sp³-hybridized carbons (Fsp3) is 0.500. The molecule has 0 N–H and O–H groups in total. The van der Waals surface area contributed by atoms with Gasteiger partial charge >= 0.3 is 17.9 Å². The first-order valence-corrected chi connectivity index (χ1v) is 9.59. The average molecular weight is 423 g/mol. The quantitative estimate of drug-likeness (QED) is 0.214. The van der Waals surface area contributed by atoms with E-state index < -0.39 is 47.7 Å². The number of carbonyl (C=O) groups excluding carboxylic acids is 3. The van der Waals surface area contributed by atoms with Crippen LogP contribution in [0.5, 0.6) is 0 Å². The van der Waals surface area contributed by atoms with Crippen molar-refractivity contribution < 1.29 is 33.3 Å². The van der Waals surface area contributed by atoms with Crippen molar-refractivity contribution in [3.63, 3.8) is 0 Å². The molecule has 156 valence electrons. The van der Waals surface area contributed by atoms with Gasteiger partial charge in [0.1, 0.15) is 36.4 Å². The van der Waals surface area contributed by atoms with Gasteiger partial charge in [-0.3, -0.25) is 14.4 Å². The second kappa shape index (κ2) is 10.7. The highest BCUT2D eigenvalue weighted by Crippen LogP contribution is 2.37. The van der Waals surface area contributed by atoms with E-state index in [1.165, 1.54) is 32.5 Å². The van der Waals surface area contributed by atoms with Gasteiger partial charge in [-0.15, -0.1) is 0 Å². The van der Waals surface area contributed by atoms with Crippen LogP contribution in [0.25, 0.3) is 10.4 Å². The number of esters is 3. The first-order chi connectivity index (χ1) is 13.8. The standard InChI is InChI=1S/C18H21N3O7S/c1-10(22)25-9-14-16(26-11(2)23)15(20-21-19)17(27-12(3)24)18(28-14)29-13-7-5-4-6-8-13/h4-8,14-18H,9H2,1-3H3/t14?,15?,16-,17-,18-/m0/s1. The summed E-state index contributed by atoms with van der Waals surface area (Å²) in [5.41, 5.74) is 8.25. The van der Waals surface area contributed by atoms with E-state index in [2.05, 4.69) is 10.0 Å². The molecule has 0 aromatic heterocycles. The maximum Gasteiger partial charge on any atom is 0.303 e. The zero-order valence-corrected chi connectivity index (χ0v) is 16.9. The van der Waals surface area contributed by atoms with Crippen molar-refractivity contribution in [2.24, 2.45) is 5.11 Å². The highest BCUT2D eigenvalue weighted by molar-refractivity contribution is 7.99. The van der Waals surface area contributed by atoms with Crippen LogP contribution < -0.4 is 0 Å². The summed E-state index contributed by atoms with van der Waals surface area (Å²) in [4.78, 5) is 38.2. The molecule has 0 amide bonds. The van der Waals surface area contributed by atoms with Gasteiger partial charge in [-0.2, -0.15) is 0 Å². The summed E-state index contributed by atoms with van der Waals surface area (Å²) < 4.78 is 21.7. The van der Waals surface area contributed by atoms with E-state index in [4.69, 9.17) is 24.5 Å². The molecule has 2 unspecified atom stereocenters. The molecular weight excluding hydrogens is 402 g/mol. The fourth-order valence-electron chi connectivity index (χ4n) is 2.80. The second-order valence-corrected chi connectivity index (χ2v) is 7.29. The maximum absolute atomic E-state index is 11.7. The van der Waals surface area contributed by atoms with E-state index in [0.717, 1.165) is 4.90 Å². The van der Waals surface area contributed by atoms with Crippen LogP contribution in [0.3, 0.4) is 0 Å². The third kappa shape index (κ3) is 6.67. The smallest absolute Gasteiger partial charge is 0.303 e. The van der Waals surface area contributed by atoms with E-state index >= 15 is 0 Å². The number of azide groups is 1. The Morgan fingerprint density at radius 2 is 1.69 bits per heavy atom. The average Bonchev–Trinajstić information content (AvgIpc) is 2.65. The SMILES string of the molecule is CC(=O)OCC1O[C@@H](Sc2ccccc2)[C@@H](OC(C)=O)C(N=[N+]=[N-])[C@H]1OC(C)=O. The lowest BCUT2D eigenvalue weighted by Crippen LogP contribution is -2.59. The Hall–Kier alpha value is -2.75. The van der Waals surface area contributed by atoms with Gasteiger partial charge in [0, 0.05) is 30.6 Å². The maximum atomic E-state index is 11.7. The van der Waals surface area contributed by atoms with Crippen molar-refractivity contribution in [1.82, 2.24) is 0 Å². The van der Waals surface area contributed by atoms with Crippen molar-refractivity contribution in [2.45, 2.75) is 55.5 Å². The van der Waals surface area contributed by atoms with Crippen molar-refractivity contribution in [3.8, 4) is 0 Å². The van der Waals surface area contributed by atoms with Crippen molar-refractivity contribution in [1.29, 1.82) is 0 Å². The summed E-state index contributed by atoms with van der Waals surface area (Å²) in [5.74, 6) is -1.82. The predicted octanol–water partition coefficient (Wildman–Crippen LogP) is 2.61. The molecule has 1 heterocycles. The molecule has 1 aliphatic heterocycles. The minimum absolute atomic E-state index is 0.233. The van der Waals surface area contributed by atoms with E-state index in [-0.39, 0.29) is 6.61 Å². The minimum Gasteiger partial charge on any atom is -0.463 e. The first kappa shape index (κ1) is 22.5. The molecule has 0 spiro atoms. The number of nitrogens with zero attached hydrogens (tertiary/aromatic N) is 3. The molecule has 0 saturated carbocycles. The fourth-order valence-corrected chi connectivity index (χ4v) is 3.93. The molecule has 0 bridgehead atoms.